The number of rotatable bonds is 5. The van der Waals surface area contributed by atoms with Crippen molar-refractivity contribution < 1.29 is 19.6 Å². The molecule has 118 valence electrons. The first-order valence-corrected chi connectivity index (χ1v) is 7.13. The first-order valence-electron chi connectivity index (χ1n) is 7.13. The molecule has 2 heterocycles. The lowest BCUT2D eigenvalue weighted by molar-refractivity contribution is -0.385. The molecule has 1 amide bonds. The summed E-state index contributed by atoms with van der Waals surface area (Å²) in [7, 11) is 0. The molecular formula is C13H16N4O5. The molecule has 0 aromatic carbocycles. The molecule has 1 saturated heterocycles. The number of likely N-dealkylation sites (tertiary alicyclic amines) is 1. The first-order chi connectivity index (χ1) is 10.5. The van der Waals surface area contributed by atoms with E-state index < -0.39 is 16.8 Å². The van der Waals surface area contributed by atoms with E-state index in [4.69, 9.17) is 0 Å². The molecule has 0 radical (unpaired) electrons. The summed E-state index contributed by atoms with van der Waals surface area (Å²) in [5.41, 5.74) is -0.173. The summed E-state index contributed by atoms with van der Waals surface area (Å²) in [5.74, 6) is -1.20. The minimum Gasteiger partial charge on any atom is -0.481 e. The number of carbonyl (C=O) groups excluding carboxylic acids is 1. The van der Waals surface area contributed by atoms with Gasteiger partial charge in [-0.2, -0.15) is 5.10 Å². The average Bonchev–Trinajstić information content (AvgIpc) is 3.02. The second kappa shape index (κ2) is 5.39. The maximum Gasteiger partial charge on any atom is 0.308 e. The Morgan fingerprint density at radius 3 is 2.68 bits per heavy atom. The number of aromatic nitrogens is 2. The van der Waals surface area contributed by atoms with Crippen molar-refractivity contribution in [1.29, 1.82) is 0 Å². The Labute approximate surface area is 125 Å². The highest BCUT2D eigenvalue weighted by Crippen LogP contribution is 2.44. The highest BCUT2D eigenvalue weighted by atomic mass is 16.6. The third-order valence-electron chi connectivity index (χ3n) is 4.39. The van der Waals surface area contributed by atoms with Gasteiger partial charge in [0.2, 0.25) is 5.91 Å². The molecule has 22 heavy (non-hydrogen) atoms. The number of carboxylic acid groups (broad SMARTS) is 1. The predicted molar refractivity (Wildman–Crippen MR) is 72.8 cm³/mol. The van der Waals surface area contributed by atoms with E-state index >= 15 is 0 Å². The number of hydrogen-bond donors (Lipinski definition) is 1. The van der Waals surface area contributed by atoms with Crippen molar-refractivity contribution >= 4 is 17.6 Å². The quantitative estimate of drug-likeness (QED) is 0.619. The number of amides is 1. The van der Waals surface area contributed by atoms with Gasteiger partial charge >= 0.3 is 11.7 Å². The summed E-state index contributed by atoms with van der Waals surface area (Å²) >= 11 is 0. The van der Waals surface area contributed by atoms with Gasteiger partial charge in [-0.05, 0) is 24.7 Å². The number of nitro groups is 1. The van der Waals surface area contributed by atoms with Gasteiger partial charge in [-0.1, -0.05) is 0 Å². The fourth-order valence-corrected chi connectivity index (χ4v) is 3.07. The SMILES string of the molecule is O=C(O)[C@H]1CN(C(=O)Cn2cc([N+](=O)[O-])cn2)C[C@@H]1C1CC1. The molecule has 1 aliphatic heterocycles. The van der Waals surface area contributed by atoms with E-state index in [2.05, 4.69) is 5.10 Å². The normalized spacial score (nSPS) is 24.5. The molecule has 3 rings (SSSR count). The van der Waals surface area contributed by atoms with Gasteiger partial charge in [-0.3, -0.25) is 24.4 Å². The van der Waals surface area contributed by atoms with Gasteiger partial charge in [0.05, 0.1) is 10.8 Å². The molecule has 0 spiro atoms. The third-order valence-corrected chi connectivity index (χ3v) is 4.39. The highest BCUT2D eigenvalue weighted by molar-refractivity contribution is 5.79. The summed E-state index contributed by atoms with van der Waals surface area (Å²) < 4.78 is 1.21. The van der Waals surface area contributed by atoms with E-state index in [1.54, 1.807) is 0 Å². The fraction of sp³-hybridized carbons (Fsp3) is 0.615. The van der Waals surface area contributed by atoms with Crippen molar-refractivity contribution in [3.05, 3.63) is 22.5 Å². The van der Waals surface area contributed by atoms with E-state index in [0.717, 1.165) is 19.0 Å². The molecule has 0 bridgehead atoms. The Bertz CT molecular complexity index is 624. The zero-order valence-electron chi connectivity index (χ0n) is 11.8. The topological polar surface area (TPSA) is 119 Å². The number of aliphatic carboxylic acids is 1. The van der Waals surface area contributed by atoms with Gasteiger partial charge in [0, 0.05) is 13.1 Å². The molecule has 1 saturated carbocycles. The summed E-state index contributed by atoms with van der Waals surface area (Å²) in [5, 5.41) is 23.7. The Hall–Kier alpha value is -2.45. The van der Waals surface area contributed by atoms with Crippen molar-refractivity contribution in [3.63, 3.8) is 0 Å². The fourth-order valence-electron chi connectivity index (χ4n) is 3.07. The van der Waals surface area contributed by atoms with Crippen LogP contribution in [0.1, 0.15) is 12.8 Å². The Kier molecular flexibility index (Phi) is 3.55. The molecule has 9 nitrogen and oxygen atoms in total. The lowest BCUT2D eigenvalue weighted by atomic mass is 9.92. The van der Waals surface area contributed by atoms with Crippen LogP contribution in [-0.2, 0) is 16.1 Å². The first kappa shape index (κ1) is 14.5. The van der Waals surface area contributed by atoms with Crippen molar-refractivity contribution in [2.75, 3.05) is 13.1 Å². The molecule has 0 unspecified atom stereocenters. The van der Waals surface area contributed by atoms with Gasteiger partial charge in [-0.25, -0.2) is 0 Å². The molecule has 1 aromatic rings. The zero-order valence-corrected chi connectivity index (χ0v) is 11.8. The average molecular weight is 308 g/mol. The van der Waals surface area contributed by atoms with Gasteiger partial charge in [0.15, 0.2) is 0 Å². The van der Waals surface area contributed by atoms with E-state index in [1.807, 2.05) is 0 Å². The standard InChI is InChI=1S/C13H16N4O5/c18-12(7-16-4-9(3-14-16)17(21)22)15-5-10(8-1-2-8)11(6-15)13(19)20/h3-4,8,10-11H,1-2,5-7H2,(H,19,20)/t10-,11+/m1/s1. The Morgan fingerprint density at radius 2 is 2.14 bits per heavy atom. The van der Waals surface area contributed by atoms with Crippen LogP contribution >= 0.6 is 0 Å². The maximum atomic E-state index is 12.3. The van der Waals surface area contributed by atoms with Crippen LogP contribution in [0.15, 0.2) is 12.4 Å². The van der Waals surface area contributed by atoms with E-state index in [9.17, 15) is 24.8 Å². The van der Waals surface area contributed by atoms with Crippen LogP contribution in [0.25, 0.3) is 0 Å². The molecule has 9 heteroatoms. The van der Waals surface area contributed by atoms with E-state index in [-0.39, 0.29) is 30.6 Å². The highest BCUT2D eigenvalue weighted by Gasteiger charge is 2.46. The van der Waals surface area contributed by atoms with Crippen LogP contribution in [0.5, 0.6) is 0 Å². The smallest absolute Gasteiger partial charge is 0.308 e. The second-order valence-electron chi connectivity index (χ2n) is 5.90. The van der Waals surface area contributed by atoms with Gasteiger partial charge in [0.25, 0.3) is 0 Å². The summed E-state index contributed by atoms with van der Waals surface area (Å²) in [6.45, 7) is 0.542. The molecule has 1 aliphatic carbocycles. The number of nitrogens with zero attached hydrogens (tertiary/aromatic N) is 4. The van der Waals surface area contributed by atoms with Gasteiger partial charge in [0.1, 0.15) is 18.9 Å². The van der Waals surface area contributed by atoms with E-state index in [1.165, 1.54) is 15.8 Å². The molecule has 2 atom stereocenters. The second-order valence-corrected chi connectivity index (χ2v) is 5.90. The maximum absolute atomic E-state index is 12.3. The minimum atomic E-state index is -0.859. The van der Waals surface area contributed by atoms with Crippen LogP contribution < -0.4 is 0 Å². The minimum absolute atomic E-state index is 0.0217. The van der Waals surface area contributed by atoms with Crippen molar-refractivity contribution in [2.24, 2.45) is 17.8 Å². The van der Waals surface area contributed by atoms with Crippen molar-refractivity contribution in [1.82, 2.24) is 14.7 Å². The van der Waals surface area contributed by atoms with Crippen LogP contribution in [-0.4, -0.2) is 49.7 Å². The largest absolute Gasteiger partial charge is 0.481 e. The third kappa shape index (κ3) is 2.78. The zero-order chi connectivity index (χ0) is 15.9. The lowest BCUT2D eigenvalue weighted by Gasteiger charge is -2.16. The Morgan fingerprint density at radius 1 is 1.41 bits per heavy atom. The number of carboxylic acids is 1. The molecule has 1 N–H and O–H groups in total. The van der Waals surface area contributed by atoms with Gasteiger partial charge < -0.3 is 10.0 Å². The van der Waals surface area contributed by atoms with Crippen LogP contribution in [0.3, 0.4) is 0 Å². The monoisotopic (exact) mass is 308 g/mol. The molecular weight excluding hydrogens is 292 g/mol. The van der Waals surface area contributed by atoms with Crippen LogP contribution in [0.4, 0.5) is 5.69 Å². The van der Waals surface area contributed by atoms with Crippen molar-refractivity contribution in [2.45, 2.75) is 19.4 Å². The number of hydrogen-bond acceptors (Lipinski definition) is 5. The summed E-state index contributed by atoms with van der Waals surface area (Å²) in [6.07, 6.45) is 4.34. The summed E-state index contributed by atoms with van der Waals surface area (Å²) in [6, 6.07) is 0. The lowest BCUT2D eigenvalue weighted by Crippen LogP contribution is -2.33. The predicted octanol–water partition coefficient (Wildman–Crippen LogP) is 0.360. The van der Waals surface area contributed by atoms with E-state index in [0.29, 0.717) is 12.5 Å². The van der Waals surface area contributed by atoms with Crippen LogP contribution in [0, 0.1) is 27.9 Å². The Balaban J connectivity index is 1.64. The molecule has 2 fully saturated rings. The van der Waals surface area contributed by atoms with Crippen molar-refractivity contribution in [3.8, 4) is 0 Å². The molecule has 2 aliphatic rings. The molecule has 1 aromatic heterocycles. The number of carbonyl (C=O) groups is 2. The van der Waals surface area contributed by atoms with Crippen LogP contribution in [0.2, 0.25) is 0 Å². The summed E-state index contributed by atoms with van der Waals surface area (Å²) in [4.78, 5) is 35.1. The van der Waals surface area contributed by atoms with Gasteiger partial charge in [-0.15, -0.1) is 0 Å².